The van der Waals surface area contributed by atoms with Gasteiger partial charge >= 0.3 is 12.3 Å². The van der Waals surface area contributed by atoms with Gasteiger partial charge < -0.3 is 9.47 Å². The zero-order chi connectivity index (χ0) is 24.9. The molecule has 3 aromatic rings. The van der Waals surface area contributed by atoms with Gasteiger partial charge in [-0.05, 0) is 48.0 Å². The van der Waals surface area contributed by atoms with Crippen LogP contribution >= 0.6 is 11.3 Å². The number of hydrogen-bond acceptors (Lipinski definition) is 5. The smallest absolute Gasteiger partial charge is 0.439 e. The first-order chi connectivity index (χ1) is 16.0. The number of nitrogens with zero attached hydrogens (tertiary/aromatic N) is 1. The largest absolute Gasteiger partial charge is 0.497 e. The topological polar surface area (TPSA) is 60.5 Å². The number of amides is 1. The third kappa shape index (κ3) is 6.50. The van der Waals surface area contributed by atoms with Crippen LogP contribution in [0, 0.1) is 0 Å². The second-order valence-electron chi connectivity index (χ2n) is 6.73. The van der Waals surface area contributed by atoms with Gasteiger partial charge in [0, 0.05) is 17.0 Å². The van der Waals surface area contributed by atoms with E-state index in [-0.39, 0.29) is 0 Å². The molecule has 0 saturated heterocycles. The molecular weight excluding hydrogens is 486 g/mol. The number of aromatic nitrogens is 1. The molecule has 1 aromatic heterocycles. The number of benzene rings is 2. The lowest BCUT2D eigenvalue weighted by atomic mass is 10.2. The van der Waals surface area contributed by atoms with Crippen LogP contribution in [0.15, 0.2) is 60.0 Å². The van der Waals surface area contributed by atoms with Crippen molar-refractivity contribution in [3.05, 3.63) is 65.6 Å². The van der Waals surface area contributed by atoms with Crippen LogP contribution in [0.4, 0.5) is 31.5 Å². The first-order valence-electron chi connectivity index (χ1n) is 9.44. The van der Waals surface area contributed by atoms with E-state index in [0.717, 1.165) is 23.8 Å². The number of ether oxygens (including phenoxy) is 2. The fourth-order valence-corrected chi connectivity index (χ4v) is 3.31. The molecule has 0 aliphatic carbocycles. The molecule has 12 heteroatoms. The van der Waals surface area contributed by atoms with E-state index < -0.39 is 30.1 Å². The molecular formula is C22H16F6N2O3S. The van der Waals surface area contributed by atoms with Crippen LogP contribution in [0.2, 0.25) is 0 Å². The molecule has 0 radical (unpaired) electrons. The fourth-order valence-electron chi connectivity index (χ4n) is 2.59. The standard InChI is InChI=1S/C22H16F6N2O3S/c1-32-15-9-5-14(6-10-15)17-12-34-20(29-17)30-18(31)11-4-13-2-7-16(8-3-13)33-22(27,28)19(23)21(24,25)26/h2-12,19H,1H3,(H,29,30,31)/b11-4+. The van der Waals surface area contributed by atoms with Gasteiger partial charge in [-0.3, -0.25) is 10.1 Å². The summed E-state index contributed by atoms with van der Waals surface area (Å²) in [6.45, 7) is 0. The Balaban J connectivity index is 1.57. The van der Waals surface area contributed by atoms with Crippen molar-refractivity contribution in [2.45, 2.75) is 18.5 Å². The van der Waals surface area contributed by atoms with E-state index in [1.165, 1.54) is 29.5 Å². The van der Waals surface area contributed by atoms with Crippen molar-refractivity contribution >= 4 is 28.5 Å². The molecule has 1 heterocycles. The highest BCUT2D eigenvalue weighted by molar-refractivity contribution is 7.14. The monoisotopic (exact) mass is 502 g/mol. The van der Waals surface area contributed by atoms with Crippen molar-refractivity contribution in [2.75, 3.05) is 12.4 Å². The minimum Gasteiger partial charge on any atom is -0.497 e. The Bertz CT molecular complexity index is 1140. The summed E-state index contributed by atoms with van der Waals surface area (Å²) in [5.41, 5.74) is 1.84. The number of nitrogens with one attached hydrogen (secondary N) is 1. The zero-order valence-corrected chi connectivity index (χ0v) is 18.1. The maximum absolute atomic E-state index is 13.3. The SMILES string of the molecule is COc1ccc(-c2csc(NC(=O)/C=C/c3ccc(OC(F)(F)C(F)C(F)(F)F)cc3)n2)cc1. The van der Waals surface area contributed by atoms with Crippen LogP contribution in [-0.4, -0.2) is 36.5 Å². The minimum atomic E-state index is -5.77. The summed E-state index contributed by atoms with van der Waals surface area (Å²) in [6.07, 6.45) is -12.8. The molecule has 0 fully saturated rings. The predicted octanol–water partition coefficient (Wildman–Crippen LogP) is 6.34. The number of methoxy groups -OCH3 is 1. The molecule has 0 aliphatic heterocycles. The number of carbonyl (C=O) groups is 1. The van der Waals surface area contributed by atoms with Crippen molar-refractivity contribution in [3.63, 3.8) is 0 Å². The van der Waals surface area contributed by atoms with E-state index in [1.807, 2.05) is 12.1 Å². The molecule has 1 unspecified atom stereocenters. The van der Waals surface area contributed by atoms with Crippen LogP contribution in [0.25, 0.3) is 17.3 Å². The van der Waals surface area contributed by atoms with Crippen LogP contribution in [0.3, 0.4) is 0 Å². The lowest BCUT2D eigenvalue weighted by Crippen LogP contribution is -2.45. The number of thiazole rings is 1. The van der Waals surface area contributed by atoms with Crippen LogP contribution in [0.1, 0.15) is 5.56 Å². The van der Waals surface area contributed by atoms with E-state index in [4.69, 9.17) is 4.74 Å². The summed E-state index contributed by atoms with van der Waals surface area (Å²) in [5.74, 6) is -0.501. The Labute approximate surface area is 193 Å². The van der Waals surface area contributed by atoms with Crippen LogP contribution in [-0.2, 0) is 4.79 Å². The number of halogens is 6. The molecule has 5 nitrogen and oxygen atoms in total. The highest BCUT2D eigenvalue weighted by Crippen LogP contribution is 2.36. The van der Waals surface area contributed by atoms with Gasteiger partial charge in [-0.2, -0.15) is 22.0 Å². The van der Waals surface area contributed by atoms with Gasteiger partial charge in [-0.25, -0.2) is 9.37 Å². The predicted molar refractivity (Wildman–Crippen MR) is 115 cm³/mol. The average Bonchev–Trinajstić information content (AvgIpc) is 3.25. The molecule has 180 valence electrons. The summed E-state index contributed by atoms with van der Waals surface area (Å²) in [4.78, 5) is 16.4. The second-order valence-corrected chi connectivity index (χ2v) is 7.58. The van der Waals surface area contributed by atoms with Gasteiger partial charge in [0.05, 0.1) is 12.8 Å². The molecule has 0 aliphatic rings. The van der Waals surface area contributed by atoms with Crippen LogP contribution in [0.5, 0.6) is 11.5 Å². The first-order valence-corrected chi connectivity index (χ1v) is 10.3. The maximum Gasteiger partial charge on any atom is 0.439 e. The molecule has 34 heavy (non-hydrogen) atoms. The average molecular weight is 502 g/mol. The summed E-state index contributed by atoms with van der Waals surface area (Å²) >= 11 is 1.21. The minimum absolute atomic E-state index is 0.344. The van der Waals surface area contributed by atoms with E-state index >= 15 is 0 Å². The third-order valence-corrected chi connectivity index (χ3v) is 5.02. The molecule has 1 N–H and O–H groups in total. The van der Waals surface area contributed by atoms with Gasteiger partial charge in [0.15, 0.2) is 5.13 Å². The summed E-state index contributed by atoms with van der Waals surface area (Å²) in [6, 6.07) is 11.5. The van der Waals surface area contributed by atoms with Crippen molar-refractivity contribution in [2.24, 2.45) is 0 Å². The number of anilines is 1. The van der Waals surface area contributed by atoms with E-state index in [1.54, 1.807) is 24.6 Å². The number of carbonyl (C=O) groups excluding carboxylic acids is 1. The fraction of sp³-hybridized carbons (Fsp3) is 0.182. The van der Waals surface area contributed by atoms with E-state index in [9.17, 15) is 31.1 Å². The third-order valence-electron chi connectivity index (χ3n) is 4.26. The number of alkyl halides is 6. The molecule has 0 bridgehead atoms. The Kier molecular flexibility index (Phi) is 7.50. The van der Waals surface area contributed by atoms with E-state index in [2.05, 4.69) is 15.0 Å². The molecule has 3 rings (SSSR count). The highest BCUT2D eigenvalue weighted by Gasteiger charge is 2.59. The van der Waals surface area contributed by atoms with Crippen molar-refractivity contribution < 1.29 is 40.6 Å². The van der Waals surface area contributed by atoms with E-state index in [0.29, 0.717) is 22.1 Å². The second kappa shape index (κ2) is 10.2. The van der Waals surface area contributed by atoms with Gasteiger partial charge in [0.1, 0.15) is 11.5 Å². The van der Waals surface area contributed by atoms with Gasteiger partial charge in [0.25, 0.3) is 6.17 Å². The quantitative estimate of drug-likeness (QED) is 0.288. The highest BCUT2D eigenvalue weighted by atomic mass is 32.1. The Morgan fingerprint density at radius 1 is 1.03 bits per heavy atom. The molecule has 0 saturated carbocycles. The molecule has 1 amide bonds. The molecule has 2 aromatic carbocycles. The molecule has 1 atom stereocenters. The maximum atomic E-state index is 13.3. The molecule has 0 spiro atoms. The summed E-state index contributed by atoms with van der Waals surface area (Å²) in [7, 11) is 1.55. The zero-order valence-electron chi connectivity index (χ0n) is 17.3. The summed E-state index contributed by atoms with van der Waals surface area (Å²) in [5, 5.41) is 4.68. The van der Waals surface area contributed by atoms with Gasteiger partial charge in [0.2, 0.25) is 5.91 Å². The Morgan fingerprint density at radius 3 is 2.24 bits per heavy atom. The lowest BCUT2D eigenvalue weighted by molar-refractivity contribution is -0.304. The van der Waals surface area contributed by atoms with Gasteiger partial charge in [-0.1, -0.05) is 12.1 Å². The summed E-state index contributed by atoms with van der Waals surface area (Å²) < 4.78 is 85.0. The normalized spacial score (nSPS) is 13.0. The lowest BCUT2D eigenvalue weighted by Gasteiger charge is -2.23. The Hall–Kier alpha value is -3.54. The van der Waals surface area contributed by atoms with Crippen molar-refractivity contribution in [3.8, 4) is 22.8 Å². The van der Waals surface area contributed by atoms with Crippen molar-refractivity contribution in [1.82, 2.24) is 4.98 Å². The number of hydrogen-bond donors (Lipinski definition) is 1. The van der Waals surface area contributed by atoms with Crippen molar-refractivity contribution in [1.29, 1.82) is 0 Å². The Morgan fingerprint density at radius 2 is 1.65 bits per heavy atom. The first kappa shape index (κ1) is 25.1. The number of rotatable bonds is 8. The van der Waals surface area contributed by atoms with Gasteiger partial charge in [-0.15, -0.1) is 11.3 Å². The van der Waals surface area contributed by atoms with Crippen LogP contribution < -0.4 is 14.8 Å².